The third-order valence-electron chi connectivity index (χ3n) is 5.75. The molecule has 1 aliphatic rings. The van der Waals surface area contributed by atoms with Crippen molar-refractivity contribution in [1.29, 1.82) is 0 Å². The van der Waals surface area contributed by atoms with Gasteiger partial charge in [-0.3, -0.25) is 4.79 Å². The van der Waals surface area contributed by atoms with Crippen LogP contribution in [0.5, 0.6) is 0 Å². The monoisotopic (exact) mass is 414 g/mol. The minimum atomic E-state index is -3.61. The highest BCUT2D eigenvalue weighted by Gasteiger charge is 2.27. The molecule has 2 aromatic carbocycles. The van der Waals surface area contributed by atoms with Crippen LogP contribution in [0.25, 0.3) is 0 Å². The molecule has 0 radical (unpaired) electrons. The number of nitrogens with zero attached hydrogens (tertiary/aromatic N) is 2. The van der Waals surface area contributed by atoms with Crippen LogP contribution in [-0.2, 0) is 16.4 Å². The Morgan fingerprint density at radius 3 is 2.34 bits per heavy atom. The molecule has 1 saturated heterocycles. The van der Waals surface area contributed by atoms with Gasteiger partial charge in [-0.1, -0.05) is 36.4 Å². The number of likely N-dealkylation sites (tertiary alicyclic amines) is 1. The van der Waals surface area contributed by atoms with E-state index in [-0.39, 0.29) is 16.8 Å². The Hall–Kier alpha value is -2.18. The molecule has 0 spiro atoms. The van der Waals surface area contributed by atoms with E-state index in [9.17, 15) is 13.2 Å². The summed E-state index contributed by atoms with van der Waals surface area (Å²) in [6.07, 6.45) is 2.97. The van der Waals surface area contributed by atoms with Gasteiger partial charge in [0.05, 0.1) is 4.90 Å². The maximum Gasteiger partial charge on any atom is 0.253 e. The van der Waals surface area contributed by atoms with Crippen LogP contribution in [0, 0.1) is 5.92 Å². The van der Waals surface area contributed by atoms with Crippen molar-refractivity contribution in [3.63, 3.8) is 0 Å². The Morgan fingerprint density at radius 2 is 1.72 bits per heavy atom. The van der Waals surface area contributed by atoms with Crippen LogP contribution in [0.1, 0.15) is 42.6 Å². The SMILES string of the molecule is CC(C)N(C)S(=O)(=O)c1cccc(C(=O)N2CCC(Cc3ccccc3)CC2)c1. The van der Waals surface area contributed by atoms with Crippen LogP contribution >= 0.6 is 0 Å². The van der Waals surface area contributed by atoms with Crippen molar-refractivity contribution < 1.29 is 13.2 Å². The molecule has 1 amide bonds. The third kappa shape index (κ3) is 5.06. The smallest absolute Gasteiger partial charge is 0.253 e. The van der Waals surface area contributed by atoms with Crippen LogP contribution in [0.4, 0.5) is 0 Å². The number of sulfonamides is 1. The van der Waals surface area contributed by atoms with Crippen molar-refractivity contribution in [3.05, 3.63) is 65.7 Å². The van der Waals surface area contributed by atoms with Crippen molar-refractivity contribution in [3.8, 4) is 0 Å². The van der Waals surface area contributed by atoms with Gasteiger partial charge in [0, 0.05) is 31.7 Å². The van der Waals surface area contributed by atoms with Gasteiger partial charge in [-0.25, -0.2) is 8.42 Å². The Kier molecular flexibility index (Phi) is 6.75. The quantitative estimate of drug-likeness (QED) is 0.722. The average molecular weight is 415 g/mol. The minimum Gasteiger partial charge on any atom is -0.339 e. The molecule has 0 N–H and O–H groups in total. The molecule has 2 aromatic rings. The van der Waals surface area contributed by atoms with Crippen LogP contribution in [-0.4, -0.2) is 49.7 Å². The number of piperidine rings is 1. The Balaban J connectivity index is 1.66. The maximum absolute atomic E-state index is 13.0. The first kappa shape index (κ1) is 21.5. The summed E-state index contributed by atoms with van der Waals surface area (Å²) in [7, 11) is -2.04. The molecule has 3 rings (SSSR count). The second-order valence-electron chi connectivity index (χ2n) is 8.07. The highest BCUT2D eigenvalue weighted by Crippen LogP contribution is 2.24. The van der Waals surface area contributed by atoms with Gasteiger partial charge in [0.2, 0.25) is 10.0 Å². The first-order valence-electron chi connectivity index (χ1n) is 10.2. The maximum atomic E-state index is 13.0. The molecular weight excluding hydrogens is 384 g/mol. The number of carbonyl (C=O) groups excluding carboxylic acids is 1. The van der Waals surface area contributed by atoms with Crippen LogP contribution in [0.15, 0.2) is 59.5 Å². The fraction of sp³-hybridized carbons (Fsp3) is 0.435. The van der Waals surface area contributed by atoms with Crippen molar-refractivity contribution in [2.75, 3.05) is 20.1 Å². The zero-order chi connectivity index (χ0) is 21.0. The molecule has 0 aromatic heterocycles. The summed E-state index contributed by atoms with van der Waals surface area (Å²) in [6.45, 7) is 5.07. The highest BCUT2D eigenvalue weighted by atomic mass is 32.2. The number of benzene rings is 2. The van der Waals surface area contributed by atoms with Gasteiger partial charge in [-0.15, -0.1) is 0 Å². The van der Waals surface area contributed by atoms with Gasteiger partial charge in [-0.2, -0.15) is 4.31 Å². The summed E-state index contributed by atoms with van der Waals surface area (Å²) in [6, 6.07) is 16.7. The molecule has 5 nitrogen and oxygen atoms in total. The zero-order valence-electron chi connectivity index (χ0n) is 17.4. The molecule has 29 heavy (non-hydrogen) atoms. The summed E-state index contributed by atoms with van der Waals surface area (Å²) < 4.78 is 26.8. The fourth-order valence-corrected chi connectivity index (χ4v) is 5.12. The van der Waals surface area contributed by atoms with Crippen LogP contribution in [0.2, 0.25) is 0 Å². The first-order chi connectivity index (χ1) is 13.8. The minimum absolute atomic E-state index is 0.0904. The van der Waals surface area contributed by atoms with Gasteiger partial charge in [0.25, 0.3) is 5.91 Å². The second-order valence-corrected chi connectivity index (χ2v) is 10.1. The normalized spacial score (nSPS) is 15.8. The predicted molar refractivity (Wildman–Crippen MR) is 115 cm³/mol. The zero-order valence-corrected chi connectivity index (χ0v) is 18.2. The van der Waals surface area contributed by atoms with E-state index in [1.54, 1.807) is 25.2 Å². The van der Waals surface area contributed by atoms with E-state index in [4.69, 9.17) is 0 Å². The number of amides is 1. The molecule has 1 aliphatic heterocycles. The highest BCUT2D eigenvalue weighted by molar-refractivity contribution is 7.89. The lowest BCUT2D eigenvalue weighted by atomic mass is 9.90. The molecule has 156 valence electrons. The number of carbonyl (C=O) groups is 1. The Morgan fingerprint density at radius 1 is 1.07 bits per heavy atom. The Labute approximate surface area is 174 Å². The third-order valence-corrected chi connectivity index (χ3v) is 7.78. The van der Waals surface area contributed by atoms with E-state index >= 15 is 0 Å². The van der Waals surface area contributed by atoms with Gasteiger partial charge < -0.3 is 4.90 Å². The molecule has 6 heteroatoms. The molecular formula is C23H30N2O3S. The summed E-state index contributed by atoms with van der Waals surface area (Å²) in [5.41, 5.74) is 1.77. The average Bonchev–Trinajstić information content (AvgIpc) is 2.74. The summed E-state index contributed by atoms with van der Waals surface area (Å²) in [4.78, 5) is 15.0. The van der Waals surface area contributed by atoms with Gasteiger partial charge in [-0.05, 0) is 62.8 Å². The van der Waals surface area contributed by atoms with E-state index in [0.29, 0.717) is 24.6 Å². The second kappa shape index (κ2) is 9.09. The van der Waals surface area contributed by atoms with Gasteiger partial charge in [0.1, 0.15) is 0 Å². The first-order valence-corrected chi connectivity index (χ1v) is 11.6. The molecule has 1 fully saturated rings. The van der Waals surface area contributed by atoms with Gasteiger partial charge in [0.15, 0.2) is 0 Å². The largest absolute Gasteiger partial charge is 0.339 e. The van der Waals surface area contributed by atoms with Gasteiger partial charge >= 0.3 is 0 Å². The van der Waals surface area contributed by atoms with E-state index in [1.165, 1.54) is 15.9 Å². The summed E-state index contributed by atoms with van der Waals surface area (Å²) in [5.74, 6) is 0.486. The van der Waals surface area contributed by atoms with E-state index in [0.717, 1.165) is 19.3 Å². The lowest BCUT2D eigenvalue weighted by Gasteiger charge is -2.32. The topological polar surface area (TPSA) is 57.7 Å². The molecule has 0 unspecified atom stereocenters. The Bertz CT molecular complexity index is 934. The van der Waals surface area contributed by atoms with E-state index in [1.807, 2.05) is 24.8 Å². The number of hydrogen-bond acceptors (Lipinski definition) is 3. The van der Waals surface area contributed by atoms with Crippen molar-refractivity contribution >= 4 is 15.9 Å². The molecule has 1 heterocycles. The van der Waals surface area contributed by atoms with Crippen molar-refractivity contribution in [2.24, 2.45) is 5.92 Å². The predicted octanol–water partition coefficient (Wildman–Crippen LogP) is 3.81. The van der Waals surface area contributed by atoms with E-state index in [2.05, 4.69) is 24.3 Å². The van der Waals surface area contributed by atoms with Crippen LogP contribution in [0.3, 0.4) is 0 Å². The lowest BCUT2D eigenvalue weighted by molar-refractivity contribution is 0.0690. The summed E-state index contributed by atoms with van der Waals surface area (Å²) >= 11 is 0. The summed E-state index contributed by atoms with van der Waals surface area (Å²) in [5, 5.41) is 0. The van der Waals surface area contributed by atoms with E-state index < -0.39 is 10.0 Å². The number of hydrogen-bond donors (Lipinski definition) is 0. The molecule has 0 bridgehead atoms. The molecule has 0 saturated carbocycles. The fourth-order valence-electron chi connectivity index (χ4n) is 3.70. The van der Waals surface area contributed by atoms with Crippen molar-refractivity contribution in [1.82, 2.24) is 9.21 Å². The molecule has 0 atom stereocenters. The van der Waals surface area contributed by atoms with Crippen LogP contribution < -0.4 is 0 Å². The lowest BCUT2D eigenvalue weighted by Crippen LogP contribution is -2.39. The number of rotatable bonds is 6. The van der Waals surface area contributed by atoms with Crippen molar-refractivity contribution in [2.45, 2.75) is 44.0 Å². The standard InChI is InChI=1S/C23H30N2O3S/c1-18(2)24(3)29(27,28)22-11-7-10-21(17-22)23(26)25-14-12-20(13-15-25)16-19-8-5-4-6-9-19/h4-11,17-18,20H,12-16H2,1-3H3. The molecule has 0 aliphatic carbocycles.